The second-order valence-corrected chi connectivity index (χ2v) is 12.8. The highest BCUT2D eigenvalue weighted by Gasteiger charge is 2.35. The summed E-state index contributed by atoms with van der Waals surface area (Å²) in [7, 11) is -4.36. The molecular weight excluding hydrogens is 604 g/mol. The van der Waals surface area contributed by atoms with Crippen molar-refractivity contribution in [2.75, 3.05) is 17.4 Å². The predicted molar refractivity (Wildman–Crippen MR) is 178 cm³/mol. The summed E-state index contributed by atoms with van der Waals surface area (Å²) in [6.45, 7) is 3.70. The Hall–Kier alpha value is -5.03. The molecule has 0 saturated heterocycles. The van der Waals surface area contributed by atoms with Gasteiger partial charge in [-0.1, -0.05) is 97.8 Å². The molecule has 0 saturated carbocycles. The van der Waals surface area contributed by atoms with Crippen molar-refractivity contribution in [1.29, 1.82) is 0 Å². The number of aryl methyl sites for hydroxylation is 1. The molecule has 240 valence electrons. The molecule has 0 aliphatic heterocycles. The number of carbonyl (C=O) groups is 2. The fourth-order valence-electron chi connectivity index (χ4n) is 5.08. The normalized spacial score (nSPS) is 11.8. The number of unbranched alkanes of at least 4 members (excludes halogenated alkanes) is 1. The quantitative estimate of drug-likeness (QED) is 0.101. The Kier molecular flexibility index (Phi) is 11.6. The van der Waals surface area contributed by atoms with Crippen LogP contribution in [0.1, 0.15) is 36.5 Å². The first-order chi connectivity index (χ1) is 22.1. The van der Waals surface area contributed by atoms with Crippen LogP contribution in [0, 0.1) is 17.0 Å². The molecule has 1 unspecified atom stereocenters. The number of anilines is 1. The lowest BCUT2D eigenvalue weighted by Gasteiger charge is -2.34. The van der Waals surface area contributed by atoms with Crippen molar-refractivity contribution in [2.45, 2.75) is 50.6 Å². The summed E-state index contributed by atoms with van der Waals surface area (Å²) in [5, 5.41) is 14.6. The lowest BCUT2D eigenvalue weighted by molar-refractivity contribution is -0.384. The van der Waals surface area contributed by atoms with Crippen LogP contribution in [0.3, 0.4) is 0 Å². The van der Waals surface area contributed by atoms with Gasteiger partial charge < -0.3 is 10.2 Å². The van der Waals surface area contributed by atoms with E-state index in [4.69, 9.17) is 0 Å². The molecule has 0 bridgehead atoms. The third-order valence-electron chi connectivity index (χ3n) is 7.47. The number of hydrogen-bond acceptors (Lipinski definition) is 6. The summed E-state index contributed by atoms with van der Waals surface area (Å²) in [6, 6.07) is 28.6. The molecule has 4 rings (SSSR count). The number of sulfonamides is 1. The van der Waals surface area contributed by atoms with Gasteiger partial charge in [0, 0.05) is 31.6 Å². The van der Waals surface area contributed by atoms with Gasteiger partial charge in [-0.3, -0.25) is 24.0 Å². The second kappa shape index (κ2) is 15.8. The zero-order valence-electron chi connectivity index (χ0n) is 25.9. The Labute approximate surface area is 269 Å². The molecule has 2 amide bonds. The maximum absolute atomic E-state index is 14.5. The Balaban J connectivity index is 1.81. The van der Waals surface area contributed by atoms with Crippen molar-refractivity contribution < 1.29 is 22.9 Å². The highest BCUT2D eigenvalue weighted by Crippen LogP contribution is 2.28. The summed E-state index contributed by atoms with van der Waals surface area (Å²) in [6.07, 6.45) is 1.81. The Morgan fingerprint density at radius 1 is 0.870 bits per heavy atom. The fourth-order valence-corrected chi connectivity index (χ4v) is 6.50. The van der Waals surface area contributed by atoms with Crippen molar-refractivity contribution >= 4 is 33.2 Å². The topological polar surface area (TPSA) is 130 Å². The molecule has 0 aromatic heterocycles. The van der Waals surface area contributed by atoms with E-state index in [0.29, 0.717) is 6.54 Å². The lowest BCUT2D eigenvalue weighted by atomic mass is 10.0. The molecule has 0 fully saturated rings. The summed E-state index contributed by atoms with van der Waals surface area (Å²) in [4.78, 5) is 40.6. The number of carbonyl (C=O) groups excluding carboxylic acids is 2. The van der Waals surface area contributed by atoms with Gasteiger partial charge in [0.2, 0.25) is 11.8 Å². The maximum atomic E-state index is 14.5. The summed E-state index contributed by atoms with van der Waals surface area (Å²) in [5.74, 6) is -0.995. The largest absolute Gasteiger partial charge is 0.354 e. The Morgan fingerprint density at radius 2 is 1.52 bits per heavy atom. The van der Waals surface area contributed by atoms with Crippen LogP contribution >= 0.6 is 0 Å². The van der Waals surface area contributed by atoms with E-state index in [1.807, 2.05) is 68.4 Å². The number of nitrogens with zero attached hydrogens (tertiary/aromatic N) is 3. The molecule has 4 aromatic rings. The summed E-state index contributed by atoms with van der Waals surface area (Å²) in [5.41, 5.74) is 2.18. The van der Waals surface area contributed by atoms with Crippen LogP contribution in [0.2, 0.25) is 0 Å². The van der Waals surface area contributed by atoms with Gasteiger partial charge in [0.1, 0.15) is 12.6 Å². The van der Waals surface area contributed by atoms with E-state index < -0.39 is 33.4 Å². The first-order valence-electron chi connectivity index (χ1n) is 15.1. The minimum Gasteiger partial charge on any atom is -0.354 e. The van der Waals surface area contributed by atoms with E-state index in [0.717, 1.165) is 39.9 Å². The molecule has 1 N–H and O–H groups in total. The Morgan fingerprint density at radius 3 is 2.17 bits per heavy atom. The van der Waals surface area contributed by atoms with Crippen molar-refractivity contribution in [3.05, 3.63) is 136 Å². The van der Waals surface area contributed by atoms with Gasteiger partial charge in [-0.2, -0.15) is 0 Å². The number of nitrogens with one attached hydrogen (secondary N) is 1. The van der Waals surface area contributed by atoms with Crippen LogP contribution in [-0.4, -0.2) is 49.2 Å². The molecule has 11 heteroatoms. The van der Waals surface area contributed by atoms with Gasteiger partial charge in [-0.25, -0.2) is 8.42 Å². The summed E-state index contributed by atoms with van der Waals surface area (Å²) < 4.78 is 29.0. The van der Waals surface area contributed by atoms with Gasteiger partial charge in [0.05, 0.1) is 15.5 Å². The SMILES string of the molecule is CCCCNC(=O)C(Cc1ccccc1)N(Cc1cccc(C)c1)C(=O)CN(c1cccc([N+](=O)[O-])c1)S(=O)(=O)c1ccccc1. The molecule has 46 heavy (non-hydrogen) atoms. The Bertz CT molecular complexity index is 1750. The minimum absolute atomic E-state index is 0.0351. The van der Waals surface area contributed by atoms with Crippen LogP contribution in [0.5, 0.6) is 0 Å². The third-order valence-corrected chi connectivity index (χ3v) is 9.26. The molecule has 0 aliphatic rings. The van der Waals surface area contributed by atoms with Crippen LogP contribution < -0.4 is 9.62 Å². The van der Waals surface area contributed by atoms with E-state index in [1.165, 1.54) is 35.2 Å². The second-order valence-electron chi connectivity index (χ2n) is 11.0. The van der Waals surface area contributed by atoms with Crippen molar-refractivity contribution in [1.82, 2.24) is 10.2 Å². The number of non-ortho nitro benzene ring substituents is 1. The zero-order valence-corrected chi connectivity index (χ0v) is 26.7. The molecule has 0 aliphatic carbocycles. The van der Waals surface area contributed by atoms with Crippen LogP contribution in [-0.2, 0) is 32.6 Å². The van der Waals surface area contributed by atoms with Crippen LogP contribution in [0.25, 0.3) is 0 Å². The number of benzene rings is 4. The van der Waals surface area contributed by atoms with Crippen LogP contribution in [0.15, 0.2) is 114 Å². The lowest BCUT2D eigenvalue weighted by Crippen LogP contribution is -2.53. The van der Waals surface area contributed by atoms with E-state index in [2.05, 4.69) is 5.32 Å². The first kappa shape index (κ1) is 33.9. The number of nitro benzene ring substituents is 1. The van der Waals surface area contributed by atoms with E-state index in [-0.39, 0.29) is 35.1 Å². The highest BCUT2D eigenvalue weighted by atomic mass is 32.2. The molecule has 1 atom stereocenters. The molecule has 0 radical (unpaired) electrons. The van der Waals surface area contributed by atoms with Gasteiger partial charge in [0.15, 0.2) is 0 Å². The molecule has 0 spiro atoms. The summed E-state index contributed by atoms with van der Waals surface area (Å²) >= 11 is 0. The first-order valence-corrected chi connectivity index (χ1v) is 16.5. The predicted octanol–water partition coefficient (Wildman–Crippen LogP) is 5.65. The van der Waals surface area contributed by atoms with Gasteiger partial charge in [0.25, 0.3) is 15.7 Å². The van der Waals surface area contributed by atoms with Crippen molar-refractivity contribution in [3.63, 3.8) is 0 Å². The van der Waals surface area contributed by atoms with Gasteiger partial charge in [-0.15, -0.1) is 0 Å². The van der Waals surface area contributed by atoms with Gasteiger partial charge in [-0.05, 0) is 42.7 Å². The number of amides is 2. The monoisotopic (exact) mass is 642 g/mol. The third kappa shape index (κ3) is 8.79. The van der Waals surface area contributed by atoms with E-state index in [9.17, 15) is 28.1 Å². The smallest absolute Gasteiger partial charge is 0.271 e. The zero-order chi connectivity index (χ0) is 33.1. The van der Waals surface area contributed by atoms with Crippen LogP contribution in [0.4, 0.5) is 11.4 Å². The minimum atomic E-state index is -4.36. The number of nitro groups is 1. The van der Waals surface area contributed by atoms with Crippen molar-refractivity contribution in [3.8, 4) is 0 Å². The van der Waals surface area contributed by atoms with E-state index >= 15 is 0 Å². The maximum Gasteiger partial charge on any atom is 0.271 e. The molecule has 4 aromatic carbocycles. The number of rotatable bonds is 15. The molecule has 0 heterocycles. The average Bonchev–Trinajstić information content (AvgIpc) is 3.06. The van der Waals surface area contributed by atoms with E-state index in [1.54, 1.807) is 18.2 Å². The fraction of sp³-hybridized carbons (Fsp3) is 0.257. The molecular formula is C35H38N4O6S. The average molecular weight is 643 g/mol. The highest BCUT2D eigenvalue weighted by molar-refractivity contribution is 7.92. The van der Waals surface area contributed by atoms with Crippen molar-refractivity contribution in [2.24, 2.45) is 0 Å². The standard InChI is InChI=1S/C35H38N4O6S/c1-3-4-21-36-35(41)33(23-28-14-7-5-8-15-28)37(25-29-16-11-13-27(2)22-29)34(40)26-38(30-17-12-18-31(24-30)39(42)43)46(44,45)32-19-9-6-10-20-32/h5-20,22,24,33H,3-4,21,23,25-26H2,1-2H3,(H,36,41). The van der Waals surface area contributed by atoms with Gasteiger partial charge >= 0.3 is 0 Å². The number of hydrogen-bond donors (Lipinski definition) is 1. The molecule has 10 nitrogen and oxygen atoms in total.